The Morgan fingerprint density at radius 3 is 2.94 bits per heavy atom. The van der Waals surface area contributed by atoms with Gasteiger partial charge < -0.3 is 19.9 Å². The monoisotopic (exact) mass is 450 g/mol. The van der Waals surface area contributed by atoms with E-state index in [4.69, 9.17) is 9.47 Å². The molecule has 4 rings (SSSR count). The van der Waals surface area contributed by atoms with Crippen molar-refractivity contribution in [1.29, 1.82) is 0 Å². The number of rotatable bonds is 7. The van der Waals surface area contributed by atoms with Gasteiger partial charge in [0, 0.05) is 24.1 Å². The molecule has 3 aromatic rings. The summed E-state index contributed by atoms with van der Waals surface area (Å²) < 4.78 is 24.4. The lowest BCUT2D eigenvalue weighted by Crippen LogP contribution is -2.45. The second-order valence-corrected chi connectivity index (χ2v) is 8.17. The van der Waals surface area contributed by atoms with Gasteiger partial charge in [-0.15, -0.1) is 0 Å². The highest BCUT2D eigenvalue weighted by Gasteiger charge is 2.28. The molecule has 1 aromatic heterocycles. The van der Waals surface area contributed by atoms with Gasteiger partial charge in [0.2, 0.25) is 5.91 Å². The SMILES string of the molecule is COc1ccc2nccc(C[C@H](O)[C@@H]3CC[C@@H](NC(=O)/C=C/c4cccc(F)c4)CO3)c2c1. The van der Waals surface area contributed by atoms with E-state index in [1.165, 1.54) is 18.2 Å². The predicted molar refractivity (Wildman–Crippen MR) is 124 cm³/mol. The zero-order chi connectivity index (χ0) is 23.2. The minimum atomic E-state index is -0.675. The fourth-order valence-corrected chi connectivity index (χ4v) is 4.06. The third kappa shape index (κ3) is 5.94. The van der Waals surface area contributed by atoms with Gasteiger partial charge >= 0.3 is 0 Å². The summed E-state index contributed by atoms with van der Waals surface area (Å²) in [5, 5.41) is 14.7. The number of nitrogens with one attached hydrogen (secondary N) is 1. The van der Waals surface area contributed by atoms with E-state index < -0.39 is 6.10 Å². The smallest absolute Gasteiger partial charge is 0.244 e. The highest BCUT2D eigenvalue weighted by molar-refractivity contribution is 5.91. The zero-order valence-electron chi connectivity index (χ0n) is 18.4. The molecule has 2 heterocycles. The molecule has 1 fully saturated rings. The number of aliphatic hydroxyl groups is 1. The highest BCUT2D eigenvalue weighted by atomic mass is 19.1. The van der Waals surface area contributed by atoms with Crippen molar-refractivity contribution in [1.82, 2.24) is 10.3 Å². The number of pyridine rings is 1. The number of hydrogen-bond acceptors (Lipinski definition) is 5. The fourth-order valence-electron chi connectivity index (χ4n) is 4.06. The van der Waals surface area contributed by atoms with E-state index in [1.807, 2.05) is 24.3 Å². The summed E-state index contributed by atoms with van der Waals surface area (Å²) in [5.74, 6) is 0.135. The van der Waals surface area contributed by atoms with Crippen molar-refractivity contribution in [2.75, 3.05) is 13.7 Å². The standard InChI is InChI=1S/C26H27FN2O4/c1-32-21-7-8-23-22(15-21)18(11-12-28-23)14-24(30)25-9-6-20(16-33-25)29-26(31)10-5-17-3-2-4-19(27)13-17/h2-5,7-8,10-13,15,20,24-25,30H,6,9,14,16H2,1H3,(H,29,31)/b10-5+/t20-,24+,25+/m1/s1. The summed E-state index contributed by atoms with van der Waals surface area (Å²) in [5.41, 5.74) is 2.45. The maximum Gasteiger partial charge on any atom is 0.244 e. The Morgan fingerprint density at radius 2 is 2.18 bits per heavy atom. The van der Waals surface area contributed by atoms with E-state index in [1.54, 1.807) is 31.5 Å². The summed E-state index contributed by atoms with van der Waals surface area (Å²) >= 11 is 0. The van der Waals surface area contributed by atoms with E-state index in [2.05, 4.69) is 10.3 Å². The molecule has 33 heavy (non-hydrogen) atoms. The molecule has 2 aromatic carbocycles. The fraction of sp³-hybridized carbons (Fsp3) is 0.308. The number of fused-ring (bicyclic) bond motifs is 1. The van der Waals surface area contributed by atoms with Gasteiger partial charge in [0.25, 0.3) is 0 Å². The Morgan fingerprint density at radius 1 is 1.30 bits per heavy atom. The van der Waals surface area contributed by atoms with Crippen LogP contribution in [0.4, 0.5) is 4.39 Å². The number of hydrogen-bond donors (Lipinski definition) is 2. The van der Waals surface area contributed by atoms with Crippen molar-refractivity contribution in [2.45, 2.75) is 37.5 Å². The summed E-state index contributed by atoms with van der Waals surface area (Å²) in [6.45, 7) is 0.326. The Balaban J connectivity index is 1.30. The van der Waals surface area contributed by atoms with Crippen LogP contribution in [0.3, 0.4) is 0 Å². The van der Waals surface area contributed by atoms with Crippen LogP contribution in [0.1, 0.15) is 24.0 Å². The van der Waals surface area contributed by atoms with Crippen LogP contribution in [-0.2, 0) is 16.0 Å². The summed E-state index contributed by atoms with van der Waals surface area (Å²) in [4.78, 5) is 16.6. The van der Waals surface area contributed by atoms with Crippen LogP contribution >= 0.6 is 0 Å². The molecule has 7 heteroatoms. The lowest BCUT2D eigenvalue weighted by molar-refractivity contribution is -0.120. The van der Waals surface area contributed by atoms with Crippen LogP contribution in [0.15, 0.2) is 60.8 Å². The van der Waals surface area contributed by atoms with Gasteiger partial charge in [-0.1, -0.05) is 12.1 Å². The number of amides is 1. The first-order chi connectivity index (χ1) is 16.0. The summed E-state index contributed by atoms with van der Waals surface area (Å²) in [6.07, 6.45) is 5.48. The number of ether oxygens (including phenoxy) is 2. The summed E-state index contributed by atoms with van der Waals surface area (Å²) in [6, 6.07) is 13.5. The Bertz CT molecular complexity index is 1140. The number of aromatic nitrogens is 1. The average Bonchev–Trinajstić information content (AvgIpc) is 2.83. The molecule has 1 aliphatic heterocycles. The van der Waals surface area contributed by atoms with E-state index in [-0.39, 0.29) is 23.9 Å². The lowest BCUT2D eigenvalue weighted by Gasteiger charge is -2.32. The molecular formula is C26H27FN2O4. The van der Waals surface area contributed by atoms with Crippen LogP contribution in [0.5, 0.6) is 5.75 Å². The molecule has 0 bridgehead atoms. The van der Waals surface area contributed by atoms with E-state index in [9.17, 15) is 14.3 Å². The number of aliphatic hydroxyl groups excluding tert-OH is 1. The minimum Gasteiger partial charge on any atom is -0.497 e. The maximum absolute atomic E-state index is 13.2. The zero-order valence-corrected chi connectivity index (χ0v) is 18.4. The molecule has 0 aliphatic carbocycles. The molecule has 0 spiro atoms. The van der Waals surface area contributed by atoms with Crippen molar-refractivity contribution >= 4 is 22.9 Å². The van der Waals surface area contributed by atoms with Crippen molar-refractivity contribution in [3.05, 3.63) is 77.7 Å². The van der Waals surface area contributed by atoms with Crippen LogP contribution in [0, 0.1) is 5.82 Å². The number of halogens is 1. The van der Waals surface area contributed by atoms with Crippen LogP contribution in [0.2, 0.25) is 0 Å². The second kappa shape index (κ2) is 10.6. The van der Waals surface area contributed by atoms with Crippen molar-refractivity contribution < 1.29 is 23.8 Å². The molecule has 1 aliphatic rings. The minimum absolute atomic E-state index is 0.135. The summed E-state index contributed by atoms with van der Waals surface area (Å²) in [7, 11) is 1.62. The van der Waals surface area contributed by atoms with Crippen molar-refractivity contribution in [2.24, 2.45) is 0 Å². The van der Waals surface area contributed by atoms with Gasteiger partial charge in [0.15, 0.2) is 0 Å². The molecule has 0 unspecified atom stereocenters. The van der Waals surface area contributed by atoms with Crippen LogP contribution < -0.4 is 10.1 Å². The first-order valence-electron chi connectivity index (χ1n) is 11.0. The number of carbonyl (C=O) groups is 1. The third-order valence-electron chi connectivity index (χ3n) is 5.83. The quantitative estimate of drug-likeness (QED) is 0.537. The second-order valence-electron chi connectivity index (χ2n) is 8.17. The predicted octanol–water partition coefficient (Wildman–Crippen LogP) is 3.66. The third-order valence-corrected chi connectivity index (χ3v) is 5.83. The van der Waals surface area contributed by atoms with E-state index in [0.717, 1.165) is 22.2 Å². The first kappa shape index (κ1) is 22.9. The van der Waals surface area contributed by atoms with Crippen molar-refractivity contribution in [3.8, 4) is 5.75 Å². The number of carbonyl (C=O) groups excluding carboxylic acids is 1. The number of benzene rings is 2. The van der Waals surface area contributed by atoms with E-state index >= 15 is 0 Å². The number of methoxy groups -OCH3 is 1. The van der Waals surface area contributed by atoms with E-state index in [0.29, 0.717) is 31.4 Å². The van der Waals surface area contributed by atoms with Gasteiger partial charge in [-0.2, -0.15) is 0 Å². The molecule has 172 valence electrons. The molecular weight excluding hydrogens is 423 g/mol. The van der Waals surface area contributed by atoms with Crippen LogP contribution in [-0.4, -0.2) is 48.0 Å². The molecule has 1 amide bonds. The van der Waals surface area contributed by atoms with Gasteiger partial charge in [0.1, 0.15) is 11.6 Å². The Labute approximate surface area is 192 Å². The van der Waals surface area contributed by atoms with Crippen molar-refractivity contribution in [3.63, 3.8) is 0 Å². The van der Waals surface area contributed by atoms with Gasteiger partial charge in [0.05, 0.1) is 37.5 Å². The molecule has 1 saturated heterocycles. The van der Waals surface area contributed by atoms with Gasteiger partial charge in [-0.3, -0.25) is 9.78 Å². The first-order valence-corrected chi connectivity index (χ1v) is 11.0. The number of nitrogens with zero attached hydrogens (tertiary/aromatic N) is 1. The normalized spacial score (nSPS) is 19.5. The maximum atomic E-state index is 13.2. The average molecular weight is 451 g/mol. The Kier molecular flexibility index (Phi) is 7.32. The van der Waals surface area contributed by atoms with Gasteiger partial charge in [-0.25, -0.2) is 4.39 Å². The van der Waals surface area contributed by atoms with Crippen LogP contribution in [0.25, 0.3) is 17.0 Å². The highest BCUT2D eigenvalue weighted by Crippen LogP contribution is 2.25. The lowest BCUT2D eigenvalue weighted by atomic mass is 9.95. The molecule has 0 radical (unpaired) electrons. The largest absolute Gasteiger partial charge is 0.497 e. The van der Waals surface area contributed by atoms with Gasteiger partial charge in [-0.05, 0) is 66.4 Å². The Hall–Kier alpha value is -3.29. The topological polar surface area (TPSA) is 80.7 Å². The molecule has 6 nitrogen and oxygen atoms in total. The molecule has 0 saturated carbocycles. The molecule has 2 N–H and O–H groups in total. The molecule has 3 atom stereocenters.